The lowest BCUT2D eigenvalue weighted by molar-refractivity contribution is -0.139. The molecule has 260 valence electrons. The molecule has 0 radical (unpaired) electrons. The quantitative estimate of drug-likeness (QED) is 0.124. The highest BCUT2D eigenvalue weighted by molar-refractivity contribution is 9.10. The Morgan fingerprint density at radius 3 is 2.65 bits per heavy atom. The zero-order valence-electron chi connectivity index (χ0n) is 28.2. The Morgan fingerprint density at radius 1 is 1.04 bits per heavy atom. The molecular weight excluding hydrogens is 708 g/mol. The minimum absolute atomic E-state index is 0.0706. The number of fused-ring (bicyclic) bond motifs is 3. The summed E-state index contributed by atoms with van der Waals surface area (Å²) in [6.45, 7) is 2.24. The van der Waals surface area contributed by atoms with E-state index in [1.807, 2.05) is 91.1 Å². The fourth-order valence-electron chi connectivity index (χ4n) is 7.33. The number of hydrogen-bond acceptors (Lipinski definition) is 5. The zero-order chi connectivity index (χ0) is 35.7. The second-order valence-corrected chi connectivity index (χ2v) is 14.3. The van der Waals surface area contributed by atoms with Crippen molar-refractivity contribution in [1.82, 2.24) is 9.88 Å². The lowest BCUT2D eigenvalue weighted by atomic mass is 9.83. The van der Waals surface area contributed by atoms with Crippen LogP contribution in [0.1, 0.15) is 41.2 Å². The molecular formula is C41H39BrN4O5. The van der Waals surface area contributed by atoms with Crippen LogP contribution in [0, 0.1) is 5.92 Å². The molecule has 1 aromatic heterocycles. The summed E-state index contributed by atoms with van der Waals surface area (Å²) in [7, 11) is 0. The summed E-state index contributed by atoms with van der Waals surface area (Å²) in [6.07, 6.45) is 6.15. The third kappa shape index (κ3) is 6.74. The average Bonchev–Trinajstić information content (AvgIpc) is 3.63. The summed E-state index contributed by atoms with van der Waals surface area (Å²) in [5.74, 6) is -1.42. The second kappa shape index (κ2) is 14.3. The predicted octanol–water partition coefficient (Wildman–Crippen LogP) is 6.37. The zero-order valence-corrected chi connectivity index (χ0v) is 29.8. The maximum Gasteiger partial charge on any atom is 0.264 e. The molecule has 3 atom stereocenters. The van der Waals surface area contributed by atoms with Crippen LogP contribution in [0.4, 0.5) is 11.4 Å². The molecule has 4 aromatic carbocycles. The number of anilines is 2. The monoisotopic (exact) mass is 746 g/mol. The number of nitrogens with zero attached hydrogens (tertiary/aromatic N) is 2. The Morgan fingerprint density at radius 2 is 1.82 bits per heavy atom. The van der Waals surface area contributed by atoms with Gasteiger partial charge in [0, 0.05) is 51.7 Å². The van der Waals surface area contributed by atoms with Crippen LogP contribution >= 0.6 is 15.9 Å². The number of aliphatic hydroxyl groups is 2. The summed E-state index contributed by atoms with van der Waals surface area (Å²) in [4.78, 5) is 47.0. The van der Waals surface area contributed by atoms with Crippen molar-refractivity contribution in [1.29, 1.82) is 0 Å². The lowest BCUT2D eigenvalue weighted by Gasteiger charge is -2.36. The van der Waals surface area contributed by atoms with E-state index >= 15 is 0 Å². The number of amides is 3. The van der Waals surface area contributed by atoms with Gasteiger partial charge in [-0.1, -0.05) is 89.6 Å². The number of rotatable bonds is 10. The van der Waals surface area contributed by atoms with E-state index in [1.54, 1.807) is 34.9 Å². The molecule has 9 nitrogen and oxygen atoms in total. The van der Waals surface area contributed by atoms with E-state index in [0.29, 0.717) is 29.9 Å². The fraction of sp³-hybridized carbons (Fsp3) is 0.244. The van der Waals surface area contributed by atoms with Gasteiger partial charge in [0.15, 0.2) is 5.60 Å². The van der Waals surface area contributed by atoms with Crippen molar-refractivity contribution in [3.05, 3.63) is 142 Å². The molecule has 0 spiro atoms. The van der Waals surface area contributed by atoms with Crippen molar-refractivity contribution >= 4 is 55.9 Å². The van der Waals surface area contributed by atoms with Gasteiger partial charge in [-0.3, -0.25) is 14.4 Å². The van der Waals surface area contributed by atoms with Crippen molar-refractivity contribution in [3.8, 4) is 0 Å². The number of aromatic amines is 1. The van der Waals surface area contributed by atoms with Gasteiger partial charge in [0.05, 0.1) is 31.3 Å². The average molecular weight is 748 g/mol. The van der Waals surface area contributed by atoms with Crippen molar-refractivity contribution in [2.24, 2.45) is 5.92 Å². The van der Waals surface area contributed by atoms with Gasteiger partial charge in [0.2, 0.25) is 11.8 Å². The van der Waals surface area contributed by atoms with Gasteiger partial charge in [0.1, 0.15) is 0 Å². The van der Waals surface area contributed by atoms with E-state index < -0.39 is 17.4 Å². The second-order valence-electron chi connectivity index (χ2n) is 13.4. The van der Waals surface area contributed by atoms with Gasteiger partial charge in [-0.2, -0.15) is 0 Å². The first-order chi connectivity index (χ1) is 24.6. The third-order valence-electron chi connectivity index (χ3n) is 10.1. The number of aromatic nitrogens is 1. The van der Waals surface area contributed by atoms with Crippen molar-refractivity contribution < 1.29 is 24.6 Å². The number of H-pyrrole nitrogens is 1. The molecule has 0 saturated heterocycles. The molecule has 3 heterocycles. The summed E-state index contributed by atoms with van der Waals surface area (Å²) in [6, 6.07) is 28.3. The number of benzene rings is 4. The van der Waals surface area contributed by atoms with Crippen LogP contribution < -0.4 is 10.2 Å². The van der Waals surface area contributed by atoms with Crippen LogP contribution in [0.3, 0.4) is 0 Å². The van der Waals surface area contributed by atoms with Gasteiger partial charge in [-0.15, -0.1) is 0 Å². The van der Waals surface area contributed by atoms with Crippen LogP contribution in [0.15, 0.2) is 114 Å². The molecule has 0 fully saturated rings. The molecule has 5 aromatic rings. The molecule has 10 heteroatoms. The Kier molecular flexibility index (Phi) is 9.65. The minimum atomic E-state index is -1.87. The van der Waals surface area contributed by atoms with E-state index in [-0.39, 0.29) is 43.8 Å². The van der Waals surface area contributed by atoms with Crippen molar-refractivity contribution in [3.63, 3.8) is 0 Å². The normalized spacial score (nSPS) is 19.0. The van der Waals surface area contributed by atoms with Crippen LogP contribution in [-0.2, 0) is 45.9 Å². The number of carbonyl (C=O) groups excluding carboxylic acids is 3. The molecule has 2 aliphatic rings. The SMILES string of the molecule is C[C@@H](/C=C/CC(=O)N1Cc2ccccc2C[C@H]1CO)[C@]1(O)C(=O)N(Cc2cccc(NC(=O)Cc3c[nH]c4ccccc34)c2)c2ccc(Br)cc21. The Hall–Kier alpha value is -5.03. The third-order valence-corrected chi connectivity index (χ3v) is 10.6. The van der Waals surface area contributed by atoms with E-state index in [9.17, 15) is 24.6 Å². The first-order valence-electron chi connectivity index (χ1n) is 17.1. The van der Waals surface area contributed by atoms with Gasteiger partial charge < -0.3 is 30.3 Å². The molecule has 3 amide bonds. The lowest BCUT2D eigenvalue weighted by Crippen LogP contribution is -2.46. The standard InChI is InChI=1S/C41H39BrN4O5/c1-26(8-6-15-39(49)45-24-29-11-3-2-10-28(29)19-33(45)25-47)41(51)35-21-31(42)16-17-37(35)46(40(41)50)23-27-9-7-12-32(18-27)44-38(48)20-30-22-43-36-14-5-4-13-34(30)36/h2-14,16-18,21-22,26,33,43,47,51H,15,19-20,23-25H2,1H3,(H,44,48)/b8-6+/t26-,33-,41+/m0/s1. The number of carbonyl (C=O) groups is 3. The maximum atomic E-state index is 14.2. The molecule has 7 rings (SSSR count). The van der Waals surface area contributed by atoms with Gasteiger partial charge in [-0.25, -0.2) is 0 Å². The first kappa shape index (κ1) is 34.4. The molecule has 2 aliphatic heterocycles. The summed E-state index contributed by atoms with van der Waals surface area (Å²) in [5, 5.41) is 26.2. The van der Waals surface area contributed by atoms with E-state index in [2.05, 4.69) is 26.2 Å². The van der Waals surface area contributed by atoms with Gasteiger partial charge in [-0.05, 0) is 65.1 Å². The maximum absolute atomic E-state index is 14.2. The number of aliphatic hydroxyl groups excluding tert-OH is 1. The number of nitrogens with one attached hydrogen (secondary N) is 2. The van der Waals surface area contributed by atoms with Crippen molar-refractivity contribution in [2.45, 2.75) is 50.9 Å². The summed E-state index contributed by atoms with van der Waals surface area (Å²) in [5.41, 5.74) is 4.67. The van der Waals surface area contributed by atoms with Crippen molar-refractivity contribution in [2.75, 3.05) is 16.8 Å². The van der Waals surface area contributed by atoms with E-state index in [4.69, 9.17) is 0 Å². The molecule has 51 heavy (non-hydrogen) atoms. The van der Waals surface area contributed by atoms with Crippen LogP contribution in [0.2, 0.25) is 0 Å². The summed E-state index contributed by atoms with van der Waals surface area (Å²) >= 11 is 3.51. The number of hydrogen-bond donors (Lipinski definition) is 4. The minimum Gasteiger partial charge on any atom is -0.394 e. The molecule has 0 bridgehead atoms. The Balaban J connectivity index is 1.05. The molecule has 0 aliphatic carbocycles. The molecule has 4 N–H and O–H groups in total. The smallest absolute Gasteiger partial charge is 0.264 e. The van der Waals surface area contributed by atoms with Gasteiger partial charge in [0.25, 0.3) is 5.91 Å². The van der Waals surface area contributed by atoms with Crippen LogP contribution in [0.5, 0.6) is 0 Å². The largest absolute Gasteiger partial charge is 0.394 e. The number of para-hydroxylation sites is 1. The highest BCUT2D eigenvalue weighted by Crippen LogP contribution is 2.47. The molecule has 0 unspecified atom stereocenters. The van der Waals surface area contributed by atoms with Crippen LogP contribution in [-0.4, -0.2) is 50.5 Å². The molecule has 0 saturated carbocycles. The summed E-state index contributed by atoms with van der Waals surface area (Å²) < 4.78 is 0.723. The Bertz CT molecular complexity index is 2160. The highest BCUT2D eigenvalue weighted by Gasteiger charge is 2.52. The highest BCUT2D eigenvalue weighted by atomic mass is 79.9. The van der Waals surface area contributed by atoms with E-state index in [0.717, 1.165) is 37.6 Å². The Labute approximate surface area is 304 Å². The fourth-order valence-corrected chi connectivity index (χ4v) is 7.70. The first-order valence-corrected chi connectivity index (χ1v) is 17.9. The predicted molar refractivity (Wildman–Crippen MR) is 201 cm³/mol. The van der Waals surface area contributed by atoms with Crippen LogP contribution in [0.25, 0.3) is 10.9 Å². The van der Waals surface area contributed by atoms with E-state index in [1.165, 1.54) is 0 Å². The number of halogens is 1. The van der Waals surface area contributed by atoms with Gasteiger partial charge >= 0.3 is 0 Å². The topological polar surface area (TPSA) is 126 Å².